The molecule has 0 fully saturated rings. The lowest BCUT2D eigenvalue weighted by Crippen LogP contribution is -2.53. The number of nitrogens with zero attached hydrogens (tertiary/aromatic N) is 1. The number of hydrogen-bond donors (Lipinski definition) is 1. The molecule has 0 rings (SSSR count). The van der Waals surface area contributed by atoms with Gasteiger partial charge in [-0.1, -0.05) is 6.92 Å². The first kappa shape index (κ1) is 14.7. The summed E-state index contributed by atoms with van der Waals surface area (Å²) < 4.78 is 38.2. The molecule has 5 heteroatoms. The highest BCUT2D eigenvalue weighted by molar-refractivity contribution is 4.87. The van der Waals surface area contributed by atoms with Crippen LogP contribution in [-0.4, -0.2) is 36.2 Å². The fourth-order valence-electron chi connectivity index (χ4n) is 1.41. The molecule has 0 amide bonds. The van der Waals surface area contributed by atoms with Crippen molar-refractivity contribution in [1.29, 1.82) is 0 Å². The van der Waals surface area contributed by atoms with Gasteiger partial charge in [-0.05, 0) is 40.3 Å². The van der Waals surface area contributed by atoms with Gasteiger partial charge < -0.3 is 5.73 Å². The highest BCUT2D eigenvalue weighted by atomic mass is 19.4. The second-order valence-electron chi connectivity index (χ2n) is 4.41. The molecule has 2 nitrogen and oxygen atoms in total. The number of halogens is 3. The van der Waals surface area contributed by atoms with Crippen LogP contribution < -0.4 is 5.73 Å². The van der Waals surface area contributed by atoms with Crippen molar-refractivity contribution >= 4 is 0 Å². The van der Waals surface area contributed by atoms with E-state index in [0.29, 0.717) is 6.42 Å². The van der Waals surface area contributed by atoms with Gasteiger partial charge in [0.15, 0.2) is 0 Å². The third-order valence-electron chi connectivity index (χ3n) is 3.11. The molecule has 0 aliphatic heterocycles. The second kappa shape index (κ2) is 5.16. The maximum Gasteiger partial charge on any atom is 0.404 e. The number of rotatable bonds is 5. The molecule has 0 aliphatic carbocycles. The van der Waals surface area contributed by atoms with Crippen LogP contribution in [0.25, 0.3) is 0 Å². The van der Waals surface area contributed by atoms with E-state index in [0.717, 1.165) is 0 Å². The van der Waals surface area contributed by atoms with Gasteiger partial charge in [0.05, 0.1) is 0 Å². The van der Waals surface area contributed by atoms with Crippen molar-refractivity contribution in [3.8, 4) is 0 Å². The summed E-state index contributed by atoms with van der Waals surface area (Å²) in [6.45, 7) is 5.55. The summed E-state index contributed by atoms with van der Waals surface area (Å²) in [6, 6.07) is -1.45. The van der Waals surface area contributed by atoms with Gasteiger partial charge in [0, 0.05) is 5.54 Å². The van der Waals surface area contributed by atoms with Crippen LogP contribution in [0.4, 0.5) is 13.2 Å². The Labute approximate surface area is 89.6 Å². The standard InChI is InChI=1S/C10H21F3N2/c1-5-9(2,3)15(4)8(6-7-14)10(11,12)13/h8H,5-7,14H2,1-4H3. The topological polar surface area (TPSA) is 29.3 Å². The van der Waals surface area contributed by atoms with Crippen molar-refractivity contribution in [2.24, 2.45) is 5.73 Å². The molecule has 1 atom stereocenters. The van der Waals surface area contributed by atoms with Crippen molar-refractivity contribution < 1.29 is 13.2 Å². The van der Waals surface area contributed by atoms with Crippen molar-refractivity contribution in [3.05, 3.63) is 0 Å². The highest BCUT2D eigenvalue weighted by Gasteiger charge is 2.45. The average molecular weight is 226 g/mol. The van der Waals surface area contributed by atoms with E-state index in [1.54, 1.807) is 0 Å². The van der Waals surface area contributed by atoms with Gasteiger partial charge in [-0.3, -0.25) is 4.90 Å². The van der Waals surface area contributed by atoms with E-state index in [4.69, 9.17) is 5.73 Å². The van der Waals surface area contributed by atoms with Gasteiger partial charge in [-0.15, -0.1) is 0 Å². The summed E-state index contributed by atoms with van der Waals surface area (Å²) in [4.78, 5) is 1.37. The van der Waals surface area contributed by atoms with Crippen LogP contribution in [0, 0.1) is 0 Å². The fraction of sp³-hybridized carbons (Fsp3) is 1.00. The SMILES string of the molecule is CCC(C)(C)N(C)C(CCN)C(F)(F)F. The Hall–Kier alpha value is -0.290. The Bertz CT molecular complexity index is 190. The predicted octanol–water partition coefficient (Wildman–Crippen LogP) is 2.39. The van der Waals surface area contributed by atoms with Crippen LogP contribution in [0.1, 0.15) is 33.6 Å². The lowest BCUT2D eigenvalue weighted by molar-refractivity contribution is -0.193. The number of hydrogen-bond acceptors (Lipinski definition) is 2. The Balaban J connectivity index is 4.78. The van der Waals surface area contributed by atoms with Gasteiger partial charge in [-0.25, -0.2) is 0 Å². The molecular weight excluding hydrogens is 205 g/mol. The molecule has 92 valence electrons. The quantitative estimate of drug-likeness (QED) is 0.780. The molecule has 0 saturated heterocycles. The van der Waals surface area contributed by atoms with Crippen LogP contribution in [0.2, 0.25) is 0 Å². The monoisotopic (exact) mass is 226 g/mol. The molecule has 0 heterocycles. The van der Waals surface area contributed by atoms with Gasteiger partial charge in [0.25, 0.3) is 0 Å². The second-order valence-corrected chi connectivity index (χ2v) is 4.41. The van der Waals surface area contributed by atoms with Crippen molar-refractivity contribution in [2.75, 3.05) is 13.6 Å². The van der Waals surface area contributed by atoms with Crippen LogP contribution in [0.5, 0.6) is 0 Å². The van der Waals surface area contributed by atoms with E-state index in [-0.39, 0.29) is 13.0 Å². The normalized spacial score (nSPS) is 15.8. The summed E-state index contributed by atoms with van der Waals surface area (Å²) >= 11 is 0. The van der Waals surface area contributed by atoms with Gasteiger partial charge >= 0.3 is 6.18 Å². The molecule has 0 spiro atoms. The van der Waals surface area contributed by atoms with Crippen molar-refractivity contribution in [3.63, 3.8) is 0 Å². The van der Waals surface area contributed by atoms with Crippen molar-refractivity contribution in [1.82, 2.24) is 4.90 Å². The fourth-order valence-corrected chi connectivity index (χ4v) is 1.41. The lowest BCUT2D eigenvalue weighted by Gasteiger charge is -2.41. The van der Waals surface area contributed by atoms with E-state index >= 15 is 0 Å². The Morgan fingerprint density at radius 3 is 2.00 bits per heavy atom. The van der Waals surface area contributed by atoms with Crippen LogP contribution in [0.3, 0.4) is 0 Å². The van der Waals surface area contributed by atoms with E-state index in [1.165, 1.54) is 11.9 Å². The molecule has 0 saturated carbocycles. The van der Waals surface area contributed by atoms with E-state index < -0.39 is 17.8 Å². The van der Waals surface area contributed by atoms with Crippen LogP contribution in [0.15, 0.2) is 0 Å². The van der Waals surface area contributed by atoms with Crippen LogP contribution in [-0.2, 0) is 0 Å². The highest BCUT2D eigenvalue weighted by Crippen LogP contribution is 2.31. The van der Waals surface area contributed by atoms with Gasteiger partial charge in [0.2, 0.25) is 0 Å². The summed E-state index contributed by atoms with van der Waals surface area (Å²) in [5, 5.41) is 0. The molecule has 0 radical (unpaired) electrons. The smallest absolute Gasteiger partial charge is 0.330 e. The number of nitrogens with two attached hydrogens (primary N) is 1. The summed E-state index contributed by atoms with van der Waals surface area (Å²) in [6.07, 6.45) is -3.59. The third kappa shape index (κ3) is 3.99. The lowest BCUT2D eigenvalue weighted by atomic mass is 9.96. The first-order valence-electron chi connectivity index (χ1n) is 5.16. The zero-order valence-electron chi connectivity index (χ0n) is 9.86. The summed E-state index contributed by atoms with van der Waals surface area (Å²) in [5.41, 5.74) is 4.76. The molecule has 15 heavy (non-hydrogen) atoms. The molecule has 0 aromatic carbocycles. The molecule has 0 aromatic rings. The largest absolute Gasteiger partial charge is 0.404 e. The summed E-state index contributed by atoms with van der Waals surface area (Å²) in [5.74, 6) is 0. The van der Waals surface area contributed by atoms with E-state index in [2.05, 4.69) is 0 Å². The van der Waals surface area contributed by atoms with Gasteiger partial charge in [-0.2, -0.15) is 13.2 Å². The minimum absolute atomic E-state index is 0.0499. The zero-order valence-corrected chi connectivity index (χ0v) is 9.86. The molecule has 2 N–H and O–H groups in total. The van der Waals surface area contributed by atoms with Crippen LogP contribution >= 0.6 is 0 Å². The minimum atomic E-state index is -4.21. The minimum Gasteiger partial charge on any atom is -0.330 e. The van der Waals surface area contributed by atoms with E-state index in [9.17, 15) is 13.2 Å². The van der Waals surface area contributed by atoms with Crippen molar-refractivity contribution in [2.45, 2.75) is 51.4 Å². The predicted molar refractivity (Wildman–Crippen MR) is 55.6 cm³/mol. The maximum atomic E-state index is 12.7. The van der Waals surface area contributed by atoms with E-state index in [1.807, 2.05) is 20.8 Å². The Kier molecular flexibility index (Phi) is 5.06. The Morgan fingerprint density at radius 2 is 1.73 bits per heavy atom. The molecule has 0 aliphatic rings. The molecule has 0 aromatic heterocycles. The third-order valence-corrected chi connectivity index (χ3v) is 3.11. The summed E-state index contributed by atoms with van der Waals surface area (Å²) in [7, 11) is 1.51. The molecule has 1 unspecified atom stereocenters. The molecular formula is C10H21F3N2. The first-order valence-corrected chi connectivity index (χ1v) is 5.16. The Morgan fingerprint density at radius 1 is 1.27 bits per heavy atom. The maximum absolute atomic E-state index is 12.7. The zero-order chi connectivity index (χ0) is 12.3. The molecule has 0 bridgehead atoms. The first-order chi connectivity index (χ1) is 6.66. The number of alkyl halides is 3. The van der Waals surface area contributed by atoms with Gasteiger partial charge in [0.1, 0.15) is 6.04 Å². The average Bonchev–Trinajstić information content (AvgIpc) is 2.11.